The molecule has 0 aromatic heterocycles. The Bertz CT molecular complexity index is 376. The summed E-state index contributed by atoms with van der Waals surface area (Å²) >= 11 is 0. The van der Waals surface area contributed by atoms with Gasteiger partial charge in [-0.15, -0.1) is 0 Å². The predicted octanol–water partition coefficient (Wildman–Crippen LogP) is 1.51. The zero-order valence-corrected chi connectivity index (χ0v) is 11.4. The molecule has 1 aliphatic heterocycles. The van der Waals surface area contributed by atoms with Crippen LogP contribution in [0.25, 0.3) is 0 Å². The lowest BCUT2D eigenvalue weighted by atomic mass is 9.79. The summed E-state index contributed by atoms with van der Waals surface area (Å²) in [6.07, 6.45) is 4.04. The van der Waals surface area contributed by atoms with Crippen molar-refractivity contribution in [2.45, 2.75) is 45.6 Å². The third-order valence-corrected chi connectivity index (χ3v) is 4.81. The van der Waals surface area contributed by atoms with E-state index >= 15 is 0 Å². The number of nitrogens with zero attached hydrogens (tertiary/aromatic N) is 2. The Morgan fingerprint density at radius 1 is 1.50 bits per heavy atom. The molecule has 0 aromatic carbocycles. The average molecular weight is 249 g/mol. The van der Waals surface area contributed by atoms with Crippen molar-refractivity contribution in [2.24, 2.45) is 23.0 Å². The Morgan fingerprint density at radius 2 is 2.22 bits per heavy atom. The van der Waals surface area contributed by atoms with Crippen LogP contribution in [0, 0.1) is 28.6 Å². The largest absolute Gasteiger partial charge is 0.369 e. The van der Waals surface area contributed by atoms with Crippen molar-refractivity contribution in [3.63, 3.8) is 0 Å². The number of nitriles is 1. The molecule has 2 rings (SSSR count). The third-order valence-electron chi connectivity index (χ3n) is 4.81. The topological polar surface area (TPSA) is 70.1 Å². The molecule has 1 aliphatic carbocycles. The Kier molecular flexibility index (Phi) is 3.63. The monoisotopic (exact) mass is 249 g/mol. The van der Waals surface area contributed by atoms with Gasteiger partial charge in [0, 0.05) is 12.6 Å². The van der Waals surface area contributed by atoms with Crippen molar-refractivity contribution < 1.29 is 4.79 Å². The highest BCUT2D eigenvalue weighted by Gasteiger charge is 2.43. The molecule has 1 saturated heterocycles. The van der Waals surface area contributed by atoms with Crippen molar-refractivity contribution in [3.8, 4) is 6.07 Å². The van der Waals surface area contributed by atoms with Crippen LogP contribution in [0.2, 0.25) is 0 Å². The van der Waals surface area contributed by atoms with Gasteiger partial charge in [0.1, 0.15) is 0 Å². The number of amides is 1. The maximum Gasteiger partial charge on any atom is 0.224 e. The van der Waals surface area contributed by atoms with Gasteiger partial charge in [-0.1, -0.05) is 6.92 Å². The Hall–Kier alpha value is -1.08. The first-order valence-corrected chi connectivity index (χ1v) is 6.90. The SMILES string of the molecule is CC1CCC(C#N)C(N2CCC(C)(C(N)=O)C2)C1. The highest BCUT2D eigenvalue weighted by atomic mass is 16.1. The first kappa shape index (κ1) is 13.4. The van der Waals surface area contributed by atoms with Crippen molar-refractivity contribution >= 4 is 5.91 Å². The molecule has 0 aromatic rings. The van der Waals surface area contributed by atoms with Crippen LogP contribution in [-0.2, 0) is 4.79 Å². The van der Waals surface area contributed by atoms with Crippen LogP contribution in [-0.4, -0.2) is 29.9 Å². The zero-order chi connectivity index (χ0) is 13.3. The number of nitrogens with two attached hydrogens (primary N) is 1. The number of hydrogen-bond acceptors (Lipinski definition) is 3. The summed E-state index contributed by atoms with van der Waals surface area (Å²) in [5.74, 6) is 0.596. The molecule has 4 atom stereocenters. The van der Waals surface area contributed by atoms with Gasteiger partial charge in [0.15, 0.2) is 0 Å². The van der Waals surface area contributed by atoms with Crippen molar-refractivity contribution in [2.75, 3.05) is 13.1 Å². The molecule has 4 unspecified atom stereocenters. The van der Waals surface area contributed by atoms with E-state index in [1.807, 2.05) is 6.92 Å². The molecule has 2 fully saturated rings. The normalized spacial score (nSPS) is 41.5. The summed E-state index contributed by atoms with van der Waals surface area (Å²) in [4.78, 5) is 13.8. The number of hydrogen-bond donors (Lipinski definition) is 1. The summed E-state index contributed by atoms with van der Waals surface area (Å²) in [7, 11) is 0. The first-order valence-electron chi connectivity index (χ1n) is 6.90. The van der Waals surface area contributed by atoms with Gasteiger partial charge < -0.3 is 5.73 Å². The van der Waals surface area contributed by atoms with Gasteiger partial charge >= 0.3 is 0 Å². The average Bonchev–Trinajstić information content (AvgIpc) is 2.73. The van der Waals surface area contributed by atoms with Gasteiger partial charge in [-0.2, -0.15) is 5.26 Å². The lowest BCUT2D eigenvalue weighted by molar-refractivity contribution is -0.126. The molecular formula is C14H23N3O. The second kappa shape index (κ2) is 4.89. The highest BCUT2D eigenvalue weighted by molar-refractivity contribution is 5.81. The van der Waals surface area contributed by atoms with E-state index in [0.29, 0.717) is 12.0 Å². The van der Waals surface area contributed by atoms with Crippen molar-refractivity contribution in [1.82, 2.24) is 4.90 Å². The van der Waals surface area contributed by atoms with Gasteiger partial charge in [0.25, 0.3) is 0 Å². The van der Waals surface area contributed by atoms with Crippen LogP contribution < -0.4 is 5.73 Å². The lowest BCUT2D eigenvalue weighted by Crippen LogP contribution is -2.45. The number of likely N-dealkylation sites (tertiary alicyclic amines) is 1. The fraction of sp³-hybridized carbons (Fsp3) is 0.857. The number of primary amides is 1. The lowest BCUT2D eigenvalue weighted by Gasteiger charge is -2.38. The van der Waals surface area contributed by atoms with Crippen LogP contribution in [0.3, 0.4) is 0 Å². The highest BCUT2D eigenvalue weighted by Crippen LogP contribution is 2.38. The summed E-state index contributed by atoms with van der Waals surface area (Å²) in [5, 5.41) is 9.28. The molecule has 18 heavy (non-hydrogen) atoms. The van der Waals surface area contributed by atoms with Gasteiger partial charge in [0.2, 0.25) is 5.91 Å². The number of carbonyl (C=O) groups excluding carboxylic acids is 1. The molecule has 1 saturated carbocycles. The smallest absolute Gasteiger partial charge is 0.224 e. The molecule has 100 valence electrons. The molecule has 4 heteroatoms. The summed E-state index contributed by atoms with van der Waals surface area (Å²) in [6, 6.07) is 2.77. The number of carbonyl (C=O) groups is 1. The fourth-order valence-corrected chi connectivity index (χ4v) is 3.39. The fourth-order valence-electron chi connectivity index (χ4n) is 3.39. The van der Waals surface area contributed by atoms with E-state index < -0.39 is 5.41 Å². The second-order valence-corrected chi connectivity index (χ2v) is 6.37. The van der Waals surface area contributed by atoms with Gasteiger partial charge in [-0.05, 0) is 45.1 Å². The first-order chi connectivity index (χ1) is 8.46. The van der Waals surface area contributed by atoms with Crippen LogP contribution in [0.15, 0.2) is 0 Å². The molecule has 2 N–H and O–H groups in total. The molecule has 1 amide bonds. The second-order valence-electron chi connectivity index (χ2n) is 6.37. The molecule has 4 nitrogen and oxygen atoms in total. The zero-order valence-electron chi connectivity index (χ0n) is 11.4. The minimum atomic E-state index is -0.402. The van der Waals surface area contributed by atoms with E-state index in [-0.39, 0.29) is 11.8 Å². The predicted molar refractivity (Wildman–Crippen MR) is 69.4 cm³/mol. The van der Waals surface area contributed by atoms with Crippen LogP contribution >= 0.6 is 0 Å². The Labute approximate surface area is 109 Å². The molecule has 0 spiro atoms. The van der Waals surface area contributed by atoms with Crippen LogP contribution in [0.4, 0.5) is 0 Å². The maximum absolute atomic E-state index is 11.5. The van der Waals surface area contributed by atoms with E-state index in [4.69, 9.17) is 5.73 Å². The summed E-state index contributed by atoms with van der Waals surface area (Å²) in [5.41, 5.74) is 5.09. The van der Waals surface area contributed by atoms with Gasteiger partial charge in [-0.3, -0.25) is 9.69 Å². The molecule has 1 heterocycles. The van der Waals surface area contributed by atoms with E-state index in [0.717, 1.165) is 38.8 Å². The molecule has 0 bridgehead atoms. The molecular weight excluding hydrogens is 226 g/mol. The molecule has 2 aliphatic rings. The summed E-state index contributed by atoms with van der Waals surface area (Å²) in [6.45, 7) is 5.82. The van der Waals surface area contributed by atoms with Crippen LogP contribution in [0.5, 0.6) is 0 Å². The van der Waals surface area contributed by atoms with E-state index in [9.17, 15) is 10.1 Å². The Balaban J connectivity index is 2.08. The molecule has 0 radical (unpaired) electrons. The standard InChI is InChI=1S/C14H23N3O/c1-10-3-4-11(8-15)12(7-10)17-6-5-14(2,9-17)13(16)18/h10-12H,3-7,9H2,1-2H3,(H2,16,18). The van der Waals surface area contributed by atoms with Crippen molar-refractivity contribution in [3.05, 3.63) is 0 Å². The van der Waals surface area contributed by atoms with Crippen molar-refractivity contribution in [1.29, 1.82) is 5.26 Å². The third kappa shape index (κ3) is 2.37. The van der Waals surface area contributed by atoms with E-state index in [1.165, 1.54) is 0 Å². The van der Waals surface area contributed by atoms with E-state index in [1.54, 1.807) is 0 Å². The van der Waals surface area contributed by atoms with Crippen LogP contribution in [0.1, 0.15) is 39.5 Å². The van der Waals surface area contributed by atoms with Gasteiger partial charge in [0.05, 0.1) is 17.4 Å². The quantitative estimate of drug-likeness (QED) is 0.806. The van der Waals surface area contributed by atoms with E-state index in [2.05, 4.69) is 17.9 Å². The number of rotatable bonds is 2. The maximum atomic E-state index is 11.5. The summed E-state index contributed by atoms with van der Waals surface area (Å²) < 4.78 is 0. The van der Waals surface area contributed by atoms with Gasteiger partial charge in [-0.25, -0.2) is 0 Å². The minimum Gasteiger partial charge on any atom is -0.369 e. The minimum absolute atomic E-state index is 0.122. The Morgan fingerprint density at radius 3 is 2.78 bits per heavy atom.